The normalized spacial score (nSPS) is 20.6. The fourth-order valence-corrected chi connectivity index (χ4v) is 2.39. The molecule has 19 heavy (non-hydrogen) atoms. The lowest BCUT2D eigenvalue weighted by Crippen LogP contribution is -2.25. The van der Waals surface area contributed by atoms with Crippen LogP contribution in [0.2, 0.25) is 0 Å². The summed E-state index contributed by atoms with van der Waals surface area (Å²) in [5.41, 5.74) is 2.55. The molecule has 1 aromatic carbocycles. The Morgan fingerprint density at radius 1 is 1.47 bits per heavy atom. The Labute approximate surface area is 116 Å². The minimum absolute atomic E-state index is 0.139. The smallest absolute Gasteiger partial charge is 0.0949 e. The summed E-state index contributed by atoms with van der Waals surface area (Å²) in [4.78, 5) is 0. The highest BCUT2D eigenvalue weighted by Crippen LogP contribution is 2.21. The first-order valence-electron chi connectivity index (χ1n) is 7.26. The number of aryl methyl sites for hydroxylation is 1. The van der Waals surface area contributed by atoms with Crippen molar-refractivity contribution < 1.29 is 9.47 Å². The Balaban J connectivity index is 1.94. The topological polar surface area (TPSA) is 30.5 Å². The van der Waals surface area contributed by atoms with E-state index in [2.05, 4.69) is 43.4 Å². The van der Waals surface area contributed by atoms with Crippen LogP contribution < -0.4 is 5.32 Å². The van der Waals surface area contributed by atoms with Crippen molar-refractivity contribution in [2.75, 3.05) is 32.9 Å². The average molecular weight is 263 g/mol. The molecule has 1 N–H and O–H groups in total. The number of nitrogens with one attached hydrogen (secondary N) is 1. The second-order valence-electron chi connectivity index (χ2n) is 5.27. The minimum Gasteiger partial charge on any atom is -0.381 e. The van der Waals surface area contributed by atoms with Crippen molar-refractivity contribution in [2.24, 2.45) is 5.92 Å². The summed E-state index contributed by atoms with van der Waals surface area (Å²) in [6.07, 6.45) is 1.27. The second kappa shape index (κ2) is 7.63. The molecule has 0 spiro atoms. The highest BCUT2D eigenvalue weighted by molar-refractivity contribution is 5.24. The third-order valence-electron chi connectivity index (χ3n) is 3.55. The zero-order valence-corrected chi connectivity index (χ0v) is 12.0. The first-order valence-corrected chi connectivity index (χ1v) is 7.26. The Hall–Kier alpha value is -0.900. The molecule has 0 saturated carbocycles. The van der Waals surface area contributed by atoms with E-state index in [1.807, 2.05) is 0 Å². The molecule has 1 aromatic rings. The molecule has 3 heteroatoms. The van der Waals surface area contributed by atoms with E-state index in [9.17, 15) is 0 Å². The van der Waals surface area contributed by atoms with Crippen molar-refractivity contribution >= 4 is 0 Å². The van der Waals surface area contributed by atoms with Gasteiger partial charge in [0.2, 0.25) is 0 Å². The number of likely N-dealkylation sites (N-methyl/N-ethyl adjacent to an activating group) is 1. The van der Waals surface area contributed by atoms with Gasteiger partial charge in [-0.25, -0.2) is 0 Å². The van der Waals surface area contributed by atoms with Crippen molar-refractivity contribution in [3.63, 3.8) is 0 Å². The quantitative estimate of drug-likeness (QED) is 0.820. The van der Waals surface area contributed by atoms with Crippen LogP contribution in [-0.4, -0.2) is 32.9 Å². The van der Waals surface area contributed by atoms with Crippen molar-refractivity contribution in [3.05, 3.63) is 35.4 Å². The summed E-state index contributed by atoms with van der Waals surface area (Å²) in [6.45, 7) is 8.62. The van der Waals surface area contributed by atoms with Crippen LogP contribution >= 0.6 is 0 Å². The van der Waals surface area contributed by atoms with E-state index < -0.39 is 0 Å². The molecule has 0 radical (unpaired) electrons. The van der Waals surface area contributed by atoms with E-state index in [0.717, 1.165) is 39.3 Å². The fourth-order valence-electron chi connectivity index (χ4n) is 2.39. The summed E-state index contributed by atoms with van der Waals surface area (Å²) < 4.78 is 11.5. The van der Waals surface area contributed by atoms with Gasteiger partial charge in [-0.2, -0.15) is 0 Å². The molecule has 1 heterocycles. The maximum absolute atomic E-state index is 6.13. The molecule has 0 amide bonds. The summed E-state index contributed by atoms with van der Waals surface area (Å²) in [6, 6.07) is 8.59. The highest BCUT2D eigenvalue weighted by atomic mass is 16.5. The lowest BCUT2D eigenvalue weighted by atomic mass is 10.1. The van der Waals surface area contributed by atoms with Crippen LogP contribution in [0.4, 0.5) is 0 Å². The molecule has 0 aromatic heterocycles. The molecule has 2 atom stereocenters. The van der Waals surface area contributed by atoms with Gasteiger partial charge in [0.1, 0.15) is 0 Å². The van der Waals surface area contributed by atoms with Gasteiger partial charge in [0.15, 0.2) is 0 Å². The van der Waals surface area contributed by atoms with Gasteiger partial charge in [-0.15, -0.1) is 0 Å². The van der Waals surface area contributed by atoms with Crippen LogP contribution in [0.3, 0.4) is 0 Å². The van der Waals surface area contributed by atoms with Gasteiger partial charge < -0.3 is 14.8 Å². The van der Waals surface area contributed by atoms with Gasteiger partial charge in [0.25, 0.3) is 0 Å². The predicted octanol–water partition coefficient (Wildman–Crippen LogP) is 2.70. The maximum Gasteiger partial charge on any atom is 0.0949 e. The van der Waals surface area contributed by atoms with E-state index in [1.54, 1.807) is 0 Å². The van der Waals surface area contributed by atoms with Crippen LogP contribution in [0.5, 0.6) is 0 Å². The Bertz CT molecular complexity index is 375. The largest absolute Gasteiger partial charge is 0.381 e. The van der Waals surface area contributed by atoms with Gasteiger partial charge >= 0.3 is 0 Å². The van der Waals surface area contributed by atoms with Crippen molar-refractivity contribution in [1.82, 2.24) is 5.32 Å². The lowest BCUT2D eigenvalue weighted by molar-refractivity contribution is 0.0256. The molecular formula is C16H25NO2. The van der Waals surface area contributed by atoms with Gasteiger partial charge in [0, 0.05) is 19.1 Å². The molecule has 1 saturated heterocycles. The van der Waals surface area contributed by atoms with Gasteiger partial charge in [-0.1, -0.05) is 36.8 Å². The molecule has 106 valence electrons. The maximum atomic E-state index is 6.13. The zero-order chi connectivity index (χ0) is 13.5. The first-order chi connectivity index (χ1) is 9.29. The van der Waals surface area contributed by atoms with E-state index in [-0.39, 0.29) is 6.10 Å². The van der Waals surface area contributed by atoms with Gasteiger partial charge in [-0.05, 0) is 25.5 Å². The molecule has 1 aliphatic heterocycles. The molecule has 1 aliphatic rings. The first kappa shape index (κ1) is 14.5. The average Bonchev–Trinajstić information content (AvgIpc) is 2.92. The Kier molecular flexibility index (Phi) is 5.83. The zero-order valence-electron chi connectivity index (χ0n) is 12.0. The number of ether oxygens (including phenoxy) is 2. The highest BCUT2D eigenvalue weighted by Gasteiger charge is 2.19. The standard InChI is InChI=1S/C16H25NO2/c1-3-17-10-16(15-6-4-5-13(2)9-15)19-12-14-7-8-18-11-14/h4-6,9,14,16-17H,3,7-8,10-12H2,1-2H3. The molecule has 3 nitrogen and oxygen atoms in total. The van der Waals surface area contributed by atoms with Gasteiger partial charge in [-0.3, -0.25) is 0 Å². The molecule has 0 aliphatic carbocycles. The van der Waals surface area contributed by atoms with Crippen molar-refractivity contribution in [2.45, 2.75) is 26.4 Å². The Morgan fingerprint density at radius 3 is 3.05 bits per heavy atom. The summed E-state index contributed by atoms with van der Waals surface area (Å²) in [5.74, 6) is 0.564. The van der Waals surface area contributed by atoms with Crippen LogP contribution in [0.1, 0.15) is 30.6 Å². The van der Waals surface area contributed by atoms with Crippen molar-refractivity contribution in [1.29, 1.82) is 0 Å². The minimum atomic E-state index is 0.139. The predicted molar refractivity (Wildman–Crippen MR) is 77.3 cm³/mol. The summed E-state index contributed by atoms with van der Waals surface area (Å²) >= 11 is 0. The number of benzene rings is 1. The van der Waals surface area contributed by atoms with Crippen LogP contribution in [0, 0.1) is 12.8 Å². The molecule has 1 fully saturated rings. The van der Waals surface area contributed by atoms with Gasteiger partial charge in [0.05, 0.1) is 19.3 Å². The Morgan fingerprint density at radius 2 is 2.37 bits per heavy atom. The third kappa shape index (κ3) is 4.60. The number of hydrogen-bond acceptors (Lipinski definition) is 3. The van der Waals surface area contributed by atoms with Crippen LogP contribution in [0.25, 0.3) is 0 Å². The third-order valence-corrected chi connectivity index (χ3v) is 3.55. The second-order valence-corrected chi connectivity index (χ2v) is 5.27. The summed E-state index contributed by atoms with van der Waals surface area (Å²) in [7, 11) is 0. The molecule has 2 rings (SSSR count). The number of hydrogen-bond donors (Lipinski definition) is 1. The fraction of sp³-hybridized carbons (Fsp3) is 0.625. The summed E-state index contributed by atoms with van der Waals surface area (Å²) in [5, 5.41) is 3.39. The van der Waals surface area contributed by atoms with E-state index >= 15 is 0 Å². The molecule has 0 bridgehead atoms. The van der Waals surface area contributed by atoms with E-state index in [0.29, 0.717) is 5.92 Å². The van der Waals surface area contributed by atoms with E-state index in [4.69, 9.17) is 9.47 Å². The van der Waals surface area contributed by atoms with E-state index in [1.165, 1.54) is 11.1 Å². The van der Waals surface area contributed by atoms with Crippen LogP contribution in [0.15, 0.2) is 24.3 Å². The lowest BCUT2D eigenvalue weighted by Gasteiger charge is -2.21. The number of rotatable bonds is 7. The monoisotopic (exact) mass is 263 g/mol. The van der Waals surface area contributed by atoms with Crippen LogP contribution in [-0.2, 0) is 9.47 Å². The molecular weight excluding hydrogens is 238 g/mol. The SMILES string of the molecule is CCNCC(OCC1CCOC1)c1cccc(C)c1. The molecule has 2 unspecified atom stereocenters. The van der Waals surface area contributed by atoms with Crippen molar-refractivity contribution in [3.8, 4) is 0 Å².